The summed E-state index contributed by atoms with van der Waals surface area (Å²) in [6.07, 6.45) is 1.09. The van der Waals surface area contributed by atoms with Gasteiger partial charge < -0.3 is 9.64 Å². The first-order chi connectivity index (χ1) is 12.0. The number of amides is 1. The normalized spacial score (nSPS) is 10.6. The largest absolute Gasteiger partial charge is 0.497 e. The number of halogens is 2. The van der Waals surface area contributed by atoms with Gasteiger partial charge >= 0.3 is 0 Å². The SMILES string of the molecule is COc1ccc(F)c(CN(C)C(=O)CCCSc2ccc(F)cc2)c1. The van der Waals surface area contributed by atoms with Crippen molar-refractivity contribution in [3.05, 3.63) is 59.7 Å². The molecule has 0 unspecified atom stereocenters. The molecule has 0 atom stereocenters. The van der Waals surface area contributed by atoms with Gasteiger partial charge in [-0.3, -0.25) is 4.79 Å². The summed E-state index contributed by atoms with van der Waals surface area (Å²) >= 11 is 1.58. The highest BCUT2D eigenvalue weighted by atomic mass is 32.2. The maximum absolute atomic E-state index is 13.8. The molecule has 6 heteroatoms. The van der Waals surface area contributed by atoms with E-state index in [2.05, 4.69) is 0 Å². The second kappa shape index (κ2) is 9.42. The molecule has 2 aromatic carbocycles. The van der Waals surface area contributed by atoms with E-state index in [4.69, 9.17) is 4.74 Å². The van der Waals surface area contributed by atoms with Gasteiger partial charge in [-0.15, -0.1) is 11.8 Å². The Bertz CT molecular complexity index is 707. The summed E-state index contributed by atoms with van der Waals surface area (Å²) in [5.41, 5.74) is 0.427. The van der Waals surface area contributed by atoms with Crippen molar-refractivity contribution in [1.82, 2.24) is 4.90 Å². The molecule has 1 amide bonds. The molecule has 0 heterocycles. The summed E-state index contributed by atoms with van der Waals surface area (Å²) in [6.45, 7) is 0.201. The van der Waals surface area contributed by atoms with Gasteiger partial charge in [-0.25, -0.2) is 8.78 Å². The van der Waals surface area contributed by atoms with Crippen LogP contribution in [0.4, 0.5) is 8.78 Å². The lowest BCUT2D eigenvalue weighted by atomic mass is 10.2. The van der Waals surface area contributed by atoms with Gasteiger partial charge in [-0.05, 0) is 54.6 Å². The van der Waals surface area contributed by atoms with Crippen LogP contribution in [0.1, 0.15) is 18.4 Å². The van der Waals surface area contributed by atoms with Crippen LogP contribution in [-0.4, -0.2) is 30.7 Å². The fourth-order valence-corrected chi connectivity index (χ4v) is 3.13. The molecule has 0 aliphatic carbocycles. The number of rotatable bonds is 8. The van der Waals surface area contributed by atoms with Crippen LogP contribution in [0.5, 0.6) is 5.75 Å². The molecule has 0 spiro atoms. The Labute approximate surface area is 151 Å². The lowest BCUT2D eigenvalue weighted by molar-refractivity contribution is -0.130. The summed E-state index contributed by atoms with van der Waals surface area (Å²) in [7, 11) is 3.18. The van der Waals surface area contributed by atoms with Crippen LogP contribution in [-0.2, 0) is 11.3 Å². The molecule has 2 rings (SSSR count). The second-order valence-corrected chi connectivity index (χ2v) is 6.78. The van der Waals surface area contributed by atoms with Crippen LogP contribution in [0.15, 0.2) is 47.4 Å². The first-order valence-electron chi connectivity index (χ1n) is 7.94. The fraction of sp³-hybridized carbons (Fsp3) is 0.316. The van der Waals surface area contributed by atoms with Crippen LogP contribution in [0.3, 0.4) is 0 Å². The van der Waals surface area contributed by atoms with E-state index in [1.165, 1.54) is 30.2 Å². The minimum atomic E-state index is -0.354. The summed E-state index contributed by atoms with van der Waals surface area (Å²) in [6, 6.07) is 10.8. The Morgan fingerprint density at radius 1 is 1.16 bits per heavy atom. The van der Waals surface area contributed by atoms with E-state index in [0.717, 1.165) is 10.6 Å². The van der Waals surface area contributed by atoms with Crippen LogP contribution in [0, 0.1) is 11.6 Å². The van der Waals surface area contributed by atoms with Crippen molar-refractivity contribution in [2.45, 2.75) is 24.3 Å². The average Bonchev–Trinajstić information content (AvgIpc) is 2.61. The summed E-state index contributed by atoms with van der Waals surface area (Å²) in [5, 5.41) is 0. The quantitative estimate of drug-likeness (QED) is 0.509. The maximum Gasteiger partial charge on any atom is 0.222 e. The number of hydrogen-bond acceptors (Lipinski definition) is 3. The lowest BCUT2D eigenvalue weighted by Gasteiger charge is -2.18. The molecule has 3 nitrogen and oxygen atoms in total. The number of carbonyl (C=O) groups is 1. The van der Waals surface area contributed by atoms with Crippen LogP contribution in [0.2, 0.25) is 0 Å². The van der Waals surface area contributed by atoms with Crippen molar-refractivity contribution < 1.29 is 18.3 Å². The first kappa shape index (κ1) is 19.2. The van der Waals surface area contributed by atoms with Crippen molar-refractivity contribution in [2.75, 3.05) is 19.9 Å². The van der Waals surface area contributed by atoms with Crippen LogP contribution < -0.4 is 4.74 Å². The van der Waals surface area contributed by atoms with Gasteiger partial charge in [0.1, 0.15) is 17.4 Å². The Morgan fingerprint density at radius 3 is 2.56 bits per heavy atom. The van der Waals surface area contributed by atoms with Crippen LogP contribution >= 0.6 is 11.8 Å². The molecule has 0 fully saturated rings. The molecular weight excluding hydrogens is 344 g/mol. The third-order valence-corrected chi connectivity index (χ3v) is 4.80. The molecule has 25 heavy (non-hydrogen) atoms. The van der Waals surface area contributed by atoms with E-state index in [1.807, 2.05) is 0 Å². The molecular formula is C19H21F2NO2S. The van der Waals surface area contributed by atoms with Gasteiger partial charge in [0.05, 0.1) is 7.11 Å². The Morgan fingerprint density at radius 2 is 1.88 bits per heavy atom. The molecule has 134 valence electrons. The second-order valence-electron chi connectivity index (χ2n) is 5.61. The number of thioether (sulfide) groups is 1. The van der Waals surface area contributed by atoms with Gasteiger partial charge in [-0.2, -0.15) is 0 Å². The number of methoxy groups -OCH3 is 1. The van der Waals surface area contributed by atoms with E-state index in [1.54, 1.807) is 43.1 Å². The van der Waals surface area contributed by atoms with Gasteiger partial charge in [0.15, 0.2) is 0 Å². The van der Waals surface area contributed by atoms with Crippen molar-refractivity contribution in [3.8, 4) is 5.75 Å². The highest BCUT2D eigenvalue weighted by Gasteiger charge is 2.12. The fourth-order valence-electron chi connectivity index (χ4n) is 2.28. The predicted molar refractivity (Wildman–Crippen MR) is 95.8 cm³/mol. The number of nitrogens with zero attached hydrogens (tertiary/aromatic N) is 1. The Hall–Kier alpha value is -2.08. The van der Waals surface area contributed by atoms with Gasteiger partial charge in [0.2, 0.25) is 5.91 Å². The standard InChI is InChI=1S/C19H21F2NO2S/c1-22(13-14-12-16(24-2)7-10-18(14)21)19(23)4-3-11-25-17-8-5-15(20)6-9-17/h5-10,12H,3-4,11,13H2,1-2H3. The van der Waals surface area contributed by atoms with E-state index in [0.29, 0.717) is 24.2 Å². The molecule has 0 radical (unpaired) electrons. The number of ether oxygens (including phenoxy) is 1. The maximum atomic E-state index is 13.8. The first-order valence-corrected chi connectivity index (χ1v) is 8.93. The summed E-state index contributed by atoms with van der Waals surface area (Å²) in [5.74, 6) is 0.673. The topological polar surface area (TPSA) is 29.5 Å². The smallest absolute Gasteiger partial charge is 0.222 e. The highest BCUT2D eigenvalue weighted by Crippen LogP contribution is 2.20. The highest BCUT2D eigenvalue weighted by molar-refractivity contribution is 7.99. The minimum absolute atomic E-state index is 0.0399. The third kappa shape index (κ3) is 6.05. The van der Waals surface area contributed by atoms with E-state index >= 15 is 0 Å². The zero-order valence-electron chi connectivity index (χ0n) is 14.3. The molecule has 0 N–H and O–H groups in total. The Balaban J connectivity index is 1.77. The van der Waals surface area contributed by atoms with Crippen LogP contribution in [0.25, 0.3) is 0 Å². The third-order valence-electron chi connectivity index (χ3n) is 3.70. The molecule has 2 aromatic rings. The number of benzene rings is 2. The molecule has 0 aliphatic rings. The molecule has 0 saturated carbocycles. The van der Waals surface area contributed by atoms with Gasteiger partial charge in [-0.1, -0.05) is 0 Å². The minimum Gasteiger partial charge on any atom is -0.497 e. The zero-order valence-corrected chi connectivity index (χ0v) is 15.1. The Kier molecular flexibility index (Phi) is 7.25. The summed E-state index contributed by atoms with van der Waals surface area (Å²) in [4.78, 5) is 14.7. The van der Waals surface area contributed by atoms with Crippen molar-refractivity contribution in [1.29, 1.82) is 0 Å². The number of hydrogen-bond donors (Lipinski definition) is 0. The van der Waals surface area contributed by atoms with E-state index in [-0.39, 0.29) is 24.1 Å². The molecule has 0 bridgehead atoms. The number of carbonyl (C=O) groups excluding carboxylic acids is 1. The lowest BCUT2D eigenvalue weighted by Crippen LogP contribution is -2.26. The van der Waals surface area contributed by atoms with Crippen molar-refractivity contribution in [2.24, 2.45) is 0 Å². The van der Waals surface area contributed by atoms with Crippen molar-refractivity contribution in [3.63, 3.8) is 0 Å². The molecule has 0 aliphatic heterocycles. The summed E-state index contributed by atoms with van der Waals surface area (Å²) < 4.78 is 31.7. The molecule has 0 aromatic heterocycles. The van der Waals surface area contributed by atoms with Gasteiger partial charge in [0.25, 0.3) is 0 Å². The molecule has 0 saturated heterocycles. The average molecular weight is 365 g/mol. The predicted octanol–water partition coefficient (Wildman–Crippen LogP) is 4.50. The van der Waals surface area contributed by atoms with Crippen molar-refractivity contribution >= 4 is 17.7 Å². The monoisotopic (exact) mass is 365 g/mol. The van der Waals surface area contributed by atoms with E-state index < -0.39 is 0 Å². The van der Waals surface area contributed by atoms with Gasteiger partial charge in [0, 0.05) is 30.5 Å². The van der Waals surface area contributed by atoms with E-state index in [9.17, 15) is 13.6 Å². The zero-order chi connectivity index (χ0) is 18.2.